The summed E-state index contributed by atoms with van der Waals surface area (Å²) in [5.74, 6) is 0. The SMILES string of the molecule is C[n+]1ccc(-c2cc[n+](Cc3ccc(-c4cc(-c5ccccc5)nc(-c5ccccn5)c4)cc3)cc2)cc1.F[P-](F)(F)(F)(F)F.F[P-](F)(F)(F)(F)F. The van der Waals surface area contributed by atoms with E-state index in [1.54, 1.807) is 0 Å². The molecule has 4 aromatic heterocycles. The fourth-order valence-corrected chi connectivity index (χ4v) is 4.56. The molecule has 0 amide bonds. The van der Waals surface area contributed by atoms with Gasteiger partial charge in [0.15, 0.2) is 31.3 Å². The maximum absolute atomic E-state index is 10.7. The molecule has 0 aliphatic rings. The van der Waals surface area contributed by atoms with Gasteiger partial charge in [0.1, 0.15) is 7.05 Å². The number of aryl methyl sites for hydroxylation is 1. The molecule has 0 fully saturated rings. The van der Waals surface area contributed by atoms with Crippen molar-refractivity contribution < 1.29 is 59.5 Å². The van der Waals surface area contributed by atoms with E-state index in [0.717, 1.165) is 40.3 Å². The first-order valence-electron chi connectivity index (χ1n) is 14.8. The van der Waals surface area contributed by atoms with Crippen LogP contribution in [0.25, 0.3) is 44.9 Å². The fraction of sp³-hybridized carbons (Fsp3) is 0.0588. The number of pyridine rings is 4. The molecule has 0 saturated heterocycles. The third-order valence-corrected chi connectivity index (χ3v) is 6.68. The van der Waals surface area contributed by atoms with Crippen LogP contribution in [0.3, 0.4) is 0 Å². The van der Waals surface area contributed by atoms with Gasteiger partial charge >= 0.3 is 66.0 Å². The van der Waals surface area contributed by atoms with Gasteiger partial charge in [-0.3, -0.25) is 4.98 Å². The molecule has 6 aromatic rings. The van der Waals surface area contributed by atoms with Gasteiger partial charge in [-0.15, -0.1) is 0 Å². The Kier molecular flexibility index (Phi) is 10.1. The van der Waals surface area contributed by atoms with Crippen LogP contribution in [-0.4, -0.2) is 9.97 Å². The van der Waals surface area contributed by atoms with Crippen LogP contribution in [0.2, 0.25) is 0 Å². The number of rotatable bonds is 6. The van der Waals surface area contributed by atoms with Crippen molar-refractivity contribution in [3.05, 3.63) is 146 Å². The van der Waals surface area contributed by atoms with Crippen molar-refractivity contribution in [3.63, 3.8) is 0 Å². The zero-order chi connectivity index (χ0) is 38.6. The Morgan fingerprint density at radius 3 is 1.42 bits per heavy atom. The quantitative estimate of drug-likeness (QED) is 0.0958. The van der Waals surface area contributed by atoms with Gasteiger partial charge in [0.25, 0.3) is 0 Å². The second-order valence-electron chi connectivity index (χ2n) is 11.3. The molecule has 52 heavy (non-hydrogen) atoms. The number of halogens is 12. The van der Waals surface area contributed by atoms with Crippen LogP contribution in [0, 0.1) is 0 Å². The topological polar surface area (TPSA) is 33.5 Å². The van der Waals surface area contributed by atoms with Crippen LogP contribution in [-0.2, 0) is 13.6 Å². The van der Waals surface area contributed by atoms with E-state index in [-0.39, 0.29) is 0 Å². The summed E-state index contributed by atoms with van der Waals surface area (Å²) in [5, 5.41) is 0. The molecule has 0 aliphatic carbocycles. The van der Waals surface area contributed by atoms with Crippen molar-refractivity contribution in [2.24, 2.45) is 7.05 Å². The molecule has 0 bridgehead atoms. The van der Waals surface area contributed by atoms with Gasteiger partial charge in [-0.05, 0) is 46.5 Å². The Hall–Kier alpha value is -4.94. The molecule has 0 atom stereocenters. The van der Waals surface area contributed by atoms with E-state index in [2.05, 4.69) is 107 Å². The molecule has 0 aliphatic heterocycles. The number of hydrogen-bond acceptors (Lipinski definition) is 2. The summed E-state index contributed by atoms with van der Waals surface area (Å²) < 4.78 is 123. The van der Waals surface area contributed by atoms with Gasteiger partial charge in [-0.25, -0.2) is 14.1 Å². The van der Waals surface area contributed by atoms with Crippen molar-refractivity contribution in [2.75, 3.05) is 0 Å². The van der Waals surface area contributed by atoms with Crippen molar-refractivity contribution in [1.29, 1.82) is 0 Å². The standard InChI is InChI=1S/C34H28N4.2F6P/c1-37-19-14-28(15-20-37)29-16-21-38(22-17-29)25-26-10-12-27(13-11-26)31-23-33(30-7-3-2-4-8-30)36-34(24-31)32-9-5-6-18-35-32;2*1-7(2,3,4,5)6/h2-24H,25H2,1H3;;/q+2;2*-1. The Morgan fingerprint density at radius 1 is 0.462 bits per heavy atom. The minimum absolute atomic E-state index is 0.815. The van der Waals surface area contributed by atoms with Crippen LogP contribution in [0.15, 0.2) is 140 Å². The van der Waals surface area contributed by atoms with Crippen molar-refractivity contribution >= 4 is 15.6 Å². The van der Waals surface area contributed by atoms with E-state index < -0.39 is 15.6 Å². The van der Waals surface area contributed by atoms with Gasteiger partial charge < -0.3 is 0 Å². The summed E-state index contributed by atoms with van der Waals surface area (Å²) in [6, 6.07) is 37.9. The summed E-state index contributed by atoms with van der Waals surface area (Å²) in [5.41, 5.74) is 9.73. The number of aromatic nitrogens is 4. The van der Waals surface area contributed by atoms with E-state index in [1.807, 2.05) is 54.2 Å². The van der Waals surface area contributed by atoms with Gasteiger partial charge in [0.2, 0.25) is 0 Å². The summed E-state index contributed by atoms with van der Waals surface area (Å²) in [4.78, 5) is 9.48. The van der Waals surface area contributed by atoms with E-state index >= 15 is 0 Å². The van der Waals surface area contributed by atoms with Crippen LogP contribution in [0.4, 0.5) is 50.4 Å². The van der Waals surface area contributed by atoms with E-state index in [4.69, 9.17) is 4.98 Å². The molecule has 0 N–H and O–H groups in total. The number of nitrogens with zero attached hydrogens (tertiary/aromatic N) is 4. The summed E-state index contributed by atoms with van der Waals surface area (Å²) >= 11 is 0. The van der Waals surface area contributed by atoms with Crippen LogP contribution in [0.5, 0.6) is 0 Å². The number of benzene rings is 2. The van der Waals surface area contributed by atoms with Gasteiger partial charge in [0, 0.05) is 41.6 Å². The molecule has 4 nitrogen and oxygen atoms in total. The summed E-state index contributed by atoms with van der Waals surface area (Å²) in [7, 11) is -19.3. The monoisotopic (exact) mass is 782 g/mol. The van der Waals surface area contributed by atoms with Gasteiger partial charge in [-0.1, -0.05) is 60.7 Å². The van der Waals surface area contributed by atoms with Crippen molar-refractivity contribution in [3.8, 4) is 44.9 Å². The molecule has 0 radical (unpaired) electrons. The molecule has 0 saturated carbocycles. The third kappa shape index (κ3) is 16.4. The predicted octanol–water partition coefficient (Wildman–Crippen LogP) is 13.1. The molecule has 18 heteroatoms. The van der Waals surface area contributed by atoms with Gasteiger partial charge in [-0.2, -0.15) is 0 Å². The van der Waals surface area contributed by atoms with Gasteiger partial charge in [0.05, 0.1) is 17.1 Å². The first kappa shape index (κ1) is 39.8. The first-order valence-corrected chi connectivity index (χ1v) is 18.8. The van der Waals surface area contributed by atoms with Crippen molar-refractivity contribution in [2.45, 2.75) is 6.54 Å². The maximum atomic E-state index is 9.87. The zero-order valence-corrected chi connectivity index (χ0v) is 28.5. The minimum atomic E-state index is -10.7. The molecular formula is C34H28F12N4P2. The van der Waals surface area contributed by atoms with Crippen LogP contribution >= 0.6 is 15.6 Å². The molecule has 0 unspecified atom stereocenters. The zero-order valence-electron chi connectivity index (χ0n) is 26.7. The fourth-order valence-electron chi connectivity index (χ4n) is 4.56. The Labute approximate surface area is 289 Å². The normalized spacial score (nSPS) is 14.2. The van der Waals surface area contributed by atoms with Crippen LogP contribution < -0.4 is 9.13 Å². The molecule has 278 valence electrons. The molecule has 6 rings (SSSR count). The third-order valence-electron chi connectivity index (χ3n) is 6.68. The second kappa shape index (κ2) is 13.2. The average Bonchev–Trinajstić information content (AvgIpc) is 3.04. The van der Waals surface area contributed by atoms with Crippen molar-refractivity contribution in [1.82, 2.24) is 9.97 Å². The molecule has 2 aromatic carbocycles. The summed E-state index contributed by atoms with van der Waals surface area (Å²) in [6.45, 7) is 0.815. The summed E-state index contributed by atoms with van der Waals surface area (Å²) in [6.07, 6.45) is 10.2. The Balaban J connectivity index is 0.000000367. The second-order valence-corrected chi connectivity index (χ2v) is 15.2. The predicted molar refractivity (Wildman–Crippen MR) is 178 cm³/mol. The Morgan fingerprint density at radius 2 is 0.923 bits per heavy atom. The first-order chi connectivity index (χ1) is 23.6. The molecule has 4 heterocycles. The number of hydrogen-bond donors (Lipinski definition) is 0. The molecule has 0 spiro atoms. The Bertz CT molecular complexity index is 2010. The van der Waals surface area contributed by atoms with Crippen LogP contribution in [0.1, 0.15) is 5.56 Å². The average molecular weight is 783 g/mol. The van der Waals surface area contributed by atoms with E-state index in [9.17, 15) is 50.4 Å². The molecular weight excluding hydrogens is 754 g/mol. The van der Waals surface area contributed by atoms with E-state index in [0.29, 0.717) is 0 Å². The van der Waals surface area contributed by atoms with E-state index in [1.165, 1.54) is 16.7 Å².